The van der Waals surface area contributed by atoms with E-state index in [0.29, 0.717) is 25.0 Å². The minimum Gasteiger partial charge on any atom is -0.353 e. The van der Waals surface area contributed by atoms with E-state index < -0.39 is 0 Å². The summed E-state index contributed by atoms with van der Waals surface area (Å²) in [6, 6.07) is 0.512. The van der Waals surface area contributed by atoms with Gasteiger partial charge in [-0.2, -0.15) is 0 Å². The molecule has 0 bridgehead atoms. The summed E-state index contributed by atoms with van der Waals surface area (Å²) in [5.74, 6) is 3.07. The van der Waals surface area contributed by atoms with Crippen LogP contribution in [-0.4, -0.2) is 93.2 Å². The number of rotatable bonds is 5. The molecule has 1 amide bonds. The van der Waals surface area contributed by atoms with E-state index in [2.05, 4.69) is 30.2 Å². The molecule has 2 aliphatic heterocycles. The number of guanidine groups is 1. The number of carbonyl (C=O) groups excluding carboxylic acids is 1. The van der Waals surface area contributed by atoms with Crippen LogP contribution < -0.4 is 5.32 Å². The number of amides is 1. The van der Waals surface area contributed by atoms with E-state index in [0.717, 1.165) is 69.7 Å². The Labute approximate surface area is 215 Å². The van der Waals surface area contributed by atoms with Crippen molar-refractivity contribution < 1.29 is 4.79 Å². The fourth-order valence-corrected chi connectivity index (χ4v) is 4.95. The van der Waals surface area contributed by atoms with Crippen LogP contribution in [0.5, 0.6) is 0 Å². The first kappa shape index (κ1) is 26.2. The summed E-state index contributed by atoms with van der Waals surface area (Å²) in [7, 11) is 1.99. The van der Waals surface area contributed by atoms with E-state index in [4.69, 9.17) is 4.99 Å². The maximum absolute atomic E-state index is 12.8. The lowest BCUT2D eigenvalue weighted by Crippen LogP contribution is -2.55. The number of hydrogen-bond donors (Lipinski definition) is 1. The molecule has 1 aliphatic carbocycles. The van der Waals surface area contributed by atoms with Crippen LogP contribution in [0.2, 0.25) is 0 Å². The van der Waals surface area contributed by atoms with Gasteiger partial charge in [0.05, 0.1) is 6.54 Å². The van der Waals surface area contributed by atoms with E-state index in [9.17, 15) is 4.79 Å². The van der Waals surface area contributed by atoms with Crippen molar-refractivity contribution in [1.82, 2.24) is 34.8 Å². The Hall–Kier alpha value is -1.43. The SMILES string of the molecule is Cc1nnc(CN=C(NC2CCCC2)N2CCN(CC(=O)N3CCCCCC3)CC2)n1C.I. The Morgan fingerprint density at radius 1 is 0.939 bits per heavy atom. The number of likely N-dealkylation sites (tertiary alicyclic amines) is 1. The third kappa shape index (κ3) is 7.27. The number of piperazine rings is 1. The molecule has 0 unspecified atom stereocenters. The maximum atomic E-state index is 12.8. The molecular weight excluding hydrogens is 531 g/mol. The Kier molecular flexibility index (Phi) is 10.2. The second kappa shape index (κ2) is 12.9. The number of aromatic nitrogens is 3. The van der Waals surface area contributed by atoms with Crippen LogP contribution in [-0.2, 0) is 18.4 Å². The maximum Gasteiger partial charge on any atom is 0.236 e. The van der Waals surface area contributed by atoms with Gasteiger partial charge in [0.2, 0.25) is 5.91 Å². The van der Waals surface area contributed by atoms with E-state index in [1.807, 2.05) is 18.5 Å². The standard InChI is InChI=1S/C23H40N8O.HI/c1-19-26-27-21(28(19)2)17-24-23(25-20-9-5-6-10-20)31-15-13-29(14-16-31)18-22(32)30-11-7-3-4-8-12-30;/h20H,3-18H2,1-2H3,(H,24,25);1H. The summed E-state index contributed by atoms with van der Waals surface area (Å²) in [5.41, 5.74) is 0. The lowest BCUT2D eigenvalue weighted by atomic mass is 10.2. The highest BCUT2D eigenvalue weighted by atomic mass is 127. The number of hydrogen-bond acceptors (Lipinski definition) is 5. The Bertz CT molecular complexity index is 775. The van der Waals surface area contributed by atoms with Gasteiger partial charge in [0.1, 0.15) is 12.4 Å². The Morgan fingerprint density at radius 3 is 2.21 bits per heavy atom. The molecule has 1 N–H and O–H groups in total. The van der Waals surface area contributed by atoms with Crippen molar-refractivity contribution in [3.8, 4) is 0 Å². The lowest BCUT2D eigenvalue weighted by molar-refractivity contribution is -0.132. The fraction of sp³-hybridized carbons (Fsp3) is 0.826. The highest BCUT2D eigenvalue weighted by Crippen LogP contribution is 2.18. The molecule has 0 aromatic carbocycles. The van der Waals surface area contributed by atoms with Gasteiger partial charge < -0.3 is 19.7 Å². The third-order valence-electron chi connectivity index (χ3n) is 7.23. The van der Waals surface area contributed by atoms with Gasteiger partial charge in [-0.25, -0.2) is 4.99 Å². The molecule has 10 heteroatoms. The molecule has 1 aromatic rings. The van der Waals surface area contributed by atoms with Crippen LogP contribution in [0.25, 0.3) is 0 Å². The number of nitrogens with one attached hydrogen (secondary N) is 1. The topological polar surface area (TPSA) is 81.9 Å². The number of aliphatic imine (C=N–C) groups is 1. The molecule has 0 spiro atoms. The van der Waals surface area contributed by atoms with E-state index in [1.165, 1.54) is 38.5 Å². The van der Waals surface area contributed by atoms with Crippen molar-refractivity contribution in [2.75, 3.05) is 45.8 Å². The second-order valence-corrected chi connectivity index (χ2v) is 9.55. The molecule has 0 atom stereocenters. The van der Waals surface area contributed by atoms with Crippen molar-refractivity contribution in [3.63, 3.8) is 0 Å². The lowest BCUT2D eigenvalue weighted by Gasteiger charge is -2.37. The predicted molar refractivity (Wildman–Crippen MR) is 141 cm³/mol. The van der Waals surface area contributed by atoms with Crippen molar-refractivity contribution >= 4 is 35.8 Å². The summed E-state index contributed by atoms with van der Waals surface area (Å²) in [6.45, 7) is 8.49. The molecule has 1 saturated carbocycles. The van der Waals surface area contributed by atoms with Crippen LogP contribution in [0.15, 0.2) is 4.99 Å². The van der Waals surface area contributed by atoms with Crippen molar-refractivity contribution in [3.05, 3.63) is 11.6 Å². The highest BCUT2D eigenvalue weighted by molar-refractivity contribution is 14.0. The zero-order chi connectivity index (χ0) is 22.3. The monoisotopic (exact) mass is 572 g/mol. The van der Waals surface area contributed by atoms with Gasteiger partial charge >= 0.3 is 0 Å². The molecular formula is C23H41IN8O. The molecule has 2 saturated heterocycles. The summed E-state index contributed by atoms with van der Waals surface area (Å²) >= 11 is 0. The van der Waals surface area contributed by atoms with Crippen molar-refractivity contribution in [1.29, 1.82) is 0 Å². The first-order valence-corrected chi connectivity index (χ1v) is 12.5. The van der Waals surface area contributed by atoms with E-state index in [-0.39, 0.29) is 24.0 Å². The van der Waals surface area contributed by atoms with Gasteiger partial charge in [-0.1, -0.05) is 25.7 Å². The summed E-state index contributed by atoms with van der Waals surface area (Å²) < 4.78 is 2.00. The molecule has 4 rings (SSSR count). The first-order chi connectivity index (χ1) is 15.6. The van der Waals surface area contributed by atoms with Gasteiger partial charge in [-0.15, -0.1) is 34.2 Å². The zero-order valence-corrected chi connectivity index (χ0v) is 22.7. The summed E-state index contributed by atoms with van der Waals surface area (Å²) in [4.78, 5) is 24.5. The number of aryl methyl sites for hydroxylation is 1. The van der Waals surface area contributed by atoms with Crippen LogP contribution in [0.1, 0.15) is 63.0 Å². The molecule has 1 aromatic heterocycles. The van der Waals surface area contributed by atoms with Crippen LogP contribution in [0, 0.1) is 6.92 Å². The fourth-order valence-electron chi connectivity index (χ4n) is 4.95. The Balaban J connectivity index is 0.00000306. The third-order valence-corrected chi connectivity index (χ3v) is 7.23. The van der Waals surface area contributed by atoms with Crippen molar-refractivity contribution in [2.45, 2.75) is 70.9 Å². The Morgan fingerprint density at radius 2 is 1.61 bits per heavy atom. The van der Waals surface area contributed by atoms with E-state index >= 15 is 0 Å². The number of halogens is 1. The zero-order valence-electron chi connectivity index (χ0n) is 20.3. The summed E-state index contributed by atoms with van der Waals surface area (Å²) in [6.07, 6.45) is 9.83. The highest BCUT2D eigenvalue weighted by Gasteiger charge is 2.26. The molecule has 9 nitrogen and oxygen atoms in total. The van der Waals surface area contributed by atoms with Gasteiger partial charge in [0.15, 0.2) is 11.8 Å². The minimum absolute atomic E-state index is 0. The van der Waals surface area contributed by atoms with Gasteiger partial charge in [0, 0.05) is 52.4 Å². The van der Waals surface area contributed by atoms with Gasteiger partial charge in [-0.3, -0.25) is 9.69 Å². The van der Waals surface area contributed by atoms with Crippen molar-refractivity contribution in [2.24, 2.45) is 12.0 Å². The minimum atomic E-state index is 0. The normalized spacial score (nSPS) is 21.1. The largest absolute Gasteiger partial charge is 0.353 e. The summed E-state index contributed by atoms with van der Waals surface area (Å²) in [5, 5.41) is 12.1. The van der Waals surface area contributed by atoms with Crippen LogP contribution in [0.3, 0.4) is 0 Å². The molecule has 3 aliphatic rings. The second-order valence-electron chi connectivity index (χ2n) is 9.55. The molecule has 0 radical (unpaired) electrons. The predicted octanol–water partition coefficient (Wildman–Crippen LogP) is 2.15. The number of carbonyl (C=O) groups is 1. The van der Waals surface area contributed by atoms with Crippen LogP contribution in [0.4, 0.5) is 0 Å². The molecule has 33 heavy (non-hydrogen) atoms. The first-order valence-electron chi connectivity index (χ1n) is 12.5. The quantitative estimate of drug-likeness (QED) is 0.331. The smallest absolute Gasteiger partial charge is 0.236 e. The molecule has 3 heterocycles. The average molecular weight is 573 g/mol. The van der Waals surface area contributed by atoms with Gasteiger partial charge in [0.25, 0.3) is 0 Å². The number of nitrogens with zero attached hydrogens (tertiary/aromatic N) is 7. The molecule has 186 valence electrons. The van der Waals surface area contributed by atoms with Crippen LogP contribution >= 0.6 is 24.0 Å². The molecule has 3 fully saturated rings. The van der Waals surface area contributed by atoms with Gasteiger partial charge in [-0.05, 0) is 32.6 Å². The average Bonchev–Trinajstić information content (AvgIpc) is 3.32. The van der Waals surface area contributed by atoms with E-state index in [1.54, 1.807) is 0 Å².